The molecular weight excluding hydrogens is 378 g/mol. The van der Waals surface area contributed by atoms with Crippen LogP contribution in [0.5, 0.6) is 5.75 Å². The Bertz CT molecular complexity index is 666. The van der Waals surface area contributed by atoms with E-state index in [-0.39, 0.29) is 29.0 Å². The molecule has 7 nitrogen and oxygen atoms in total. The van der Waals surface area contributed by atoms with Crippen molar-refractivity contribution >= 4 is 34.0 Å². The van der Waals surface area contributed by atoms with Gasteiger partial charge in [0, 0.05) is 26.2 Å². The number of carbonyl (C=O) groups excluding carboxylic acids is 1. The predicted octanol–water partition coefficient (Wildman–Crippen LogP) is 2.61. The van der Waals surface area contributed by atoms with Crippen LogP contribution in [0, 0.1) is 0 Å². The van der Waals surface area contributed by atoms with Crippen molar-refractivity contribution in [1.29, 1.82) is 0 Å². The molecule has 0 saturated carbocycles. The smallest absolute Gasteiger partial charge is 0.246 e. The molecule has 0 aliphatic heterocycles. The van der Waals surface area contributed by atoms with Gasteiger partial charge in [-0.3, -0.25) is 4.79 Å². The minimum atomic E-state index is -3.67. The highest BCUT2D eigenvalue weighted by Crippen LogP contribution is 2.29. The van der Waals surface area contributed by atoms with Crippen molar-refractivity contribution in [3.8, 4) is 5.75 Å². The first-order valence-corrected chi connectivity index (χ1v) is 9.96. The number of halogens is 1. The first-order chi connectivity index (χ1) is 11.8. The highest BCUT2D eigenvalue weighted by molar-refractivity contribution is 7.89. The fourth-order valence-corrected chi connectivity index (χ4v) is 3.32. The second-order valence-electron chi connectivity index (χ2n) is 5.88. The van der Waals surface area contributed by atoms with Gasteiger partial charge in [-0.05, 0) is 44.5 Å². The van der Waals surface area contributed by atoms with Crippen LogP contribution in [-0.2, 0) is 14.8 Å². The third-order valence-corrected chi connectivity index (χ3v) is 5.48. The minimum absolute atomic E-state index is 0. The Balaban J connectivity index is 0.00000625. The quantitative estimate of drug-likeness (QED) is 0.549. The molecule has 0 aliphatic carbocycles. The molecule has 0 saturated heterocycles. The maximum atomic E-state index is 12.5. The average Bonchev–Trinajstić information content (AvgIpc) is 2.56. The van der Waals surface area contributed by atoms with E-state index in [2.05, 4.69) is 5.32 Å². The molecule has 0 unspecified atom stereocenters. The summed E-state index contributed by atoms with van der Waals surface area (Å²) in [4.78, 5) is 12.1. The normalized spacial score (nSPS) is 11.1. The molecule has 0 bridgehead atoms. The Morgan fingerprint density at radius 1 is 1.19 bits per heavy atom. The van der Waals surface area contributed by atoms with Gasteiger partial charge >= 0.3 is 0 Å². The molecule has 150 valence electrons. The summed E-state index contributed by atoms with van der Waals surface area (Å²) in [6, 6.07) is 4.65. The molecule has 3 N–H and O–H groups in total. The second kappa shape index (κ2) is 12.1. The molecule has 0 aromatic heterocycles. The summed E-state index contributed by atoms with van der Waals surface area (Å²) in [7, 11) is -0.758. The summed E-state index contributed by atoms with van der Waals surface area (Å²) in [5, 5.41) is 2.75. The standard InChI is InChI=1S/C17H29N3O4S.ClH/c1-4-24-15-11-10-14(13-16(15)25(22,23)20(2)3)19-17(21)9-7-5-6-8-12-18;/h10-11,13H,4-9,12,18H2,1-3H3,(H,19,21);1H. The predicted molar refractivity (Wildman–Crippen MR) is 107 cm³/mol. The average molecular weight is 408 g/mol. The number of nitrogens with one attached hydrogen (secondary N) is 1. The summed E-state index contributed by atoms with van der Waals surface area (Å²) < 4.78 is 31.4. The minimum Gasteiger partial charge on any atom is -0.492 e. The number of amides is 1. The number of benzene rings is 1. The Kier molecular flexibility index (Phi) is 11.5. The number of hydrogen-bond acceptors (Lipinski definition) is 5. The third kappa shape index (κ3) is 7.49. The van der Waals surface area contributed by atoms with Crippen LogP contribution in [0.3, 0.4) is 0 Å². The van der Waals surface area contributed by atoms with Crippen molar-refractivity contribution in [3.63, 3.8) is 0 Å². The van der Waals surface area contributed by atoms with E-state index in [4.69, 9.17) is 10.5 Å². The highest BCUT2D eigenvalue weighted by Gasteiger charge is 2.23. The lowest BCUT2D eigenvalue weighted by atomic mass is 10.1. The number of unbranched alkanes of at least 4 members (excludes halogenated alkanes) is 3. The fourth-order valence-electron chi connectivity index (χ4n) is 2.27. The Morgan fingerprint density at radius 3 is 2.42 bits per heavy atom. The molecule has 26 heavy (non-hydrogen) atoms. The summed E-state index contributed by atoms with van der Waals surface area (Å²) in [6.07, 6.45) is 4.11. The van der Waals surface area contributed by atoms with Crippen molar-refractivity contribution in [2.45, 2.75) is 43.9 Å². The van der Waals surface area contributed by atoms with Gasteiger partial charge in [0.05, 0.1) is 6.61 Å². The van der Waals surface area contributed by atoms with Gasteiger partial charge in [0.25, 0.3) is 0 Å². The number of ether oxygens (including phenoxy) is 1. The lowest BCUT2D eigenvalue weighted by Crippen LogP contribution is -2.23. The van der Waals surface area contributed by atoms with E-state index >= 15 is 0 Å². The monoisotopic (exact) mass is 407 g/mol. The molecular formula is C17H30ClN3O4S. The summed E-state index contributed by atoms with van der Waals surface area (Å²) >= 11 is 0. The van der Waals surface area contributed by atoms with Crippen LogP contribution in [0.1, 0.15) is 39.0 Å². The third-order valence-electron chi connectivity index (χ3n) is 3.64. The highest BCUT2D eigenvalue weighted by atomic mass is 35.5. The van der Waals surface area contributed by atoms with Crippen molar-refractivity contribution in [2.75, 3.05) is 32.6 Å². The number of nitrogens with zero attached hydrogens (tertiary/aromatic N) is 1. The van der Waals surface area contributed by atoms with Gasteiger partial charge in [0.1, 0.15) is 10.6 Å². The van der Waals surface area contributed by atoms with Crippen LogP contribution in [0.4, 0.5) is 5.69 Å². The van der Waals surface area contributed by atoms with Crippen LogP contribution in [0.25, 0.3) is 0 Å². The zero-order valence-corrected chi connectivity index (χ0v) is 17.3. The number of rotatable bonds is 11. The van der Waals surface area contributed by atoms with E-state index in [0.29, 0.717) is 25.3 Å². The van der Waals surface area contributed by atoms with Gasteiger partial charge in [-0.2, -0.15) is 0 Å². The number of hydrogen-bond donors (Lipinski definition) is 2. The largest absolute Gasteiger partial charge is 0.492 e. The van der Waals surface area contributed by atoms with Gasteiger partial charge in [-0.25, -0.2) is 12.7 Å². The first-order valence-electron chi connectivity index (χ1n) is 8.52. The lowest BCUT2D eigenvalue weighted by molar-refractivity contribution is -0.116. The van der Waals surface area contributed by atoms with Gasteiger partial charge in [0.2, 0.25) is 15.9 Å². The van der Waals surface area contributed by atoms with E-state index in [9.17, 15) is 13.2 Å². The Hall–Kier alpha value is -1.35. The van der Waals surface area contributed by atoms with Crippen LogP contribution >= 0.6 is 12.4 Å². The van der Waals surface area contributed by atoms with Gasteiger partial charge < -0.3 is 15.8 Å². The lowest BCUT2D eigenvalue weighted by Gasteiger charge is -2.16. The maximum Gasteiger partial charge on any atom is 0.246 e. The molecule has 1 aromatic carbocycles. The number of nitrogens with two attached hydrogens (primary N) is 1. The van der Waals surface area contributed by atoms with Gasteiger partial charge in [0.15, 0.2) is 0 Å². The van der Waals surface area contributed by atoms with Crippen LogP contribution in [-0.4, -0.2) is 45.9 Å². The maximum absolute atomic E-state index is 12.5. The fraction of sp³-hybridized carbons (Fsp3) is 0.588. The zero-order chi connectivity index (χ0) is 18.9. The molecule has 0 radical (unpaired) electrons. The van der Waals surface area contributed by atoms with E-state index in [0.717, 1.165) is 30.0 Å². The second-order valence-corrected chi connectivity index (χ2v) is 8.00. The molecule has 1 rings (SSSR count). The molecule has 0 heterocycles. The van der Waals surface area contributed by atoms with E-state index < -0.39 is 10.0 Å². The molecule has 1 aromatic rings. The molecule has 0 fully saturated rings. The van der Waals surface area contributed by atoms with Crippen molar-refractivity contribution in [3.05, 3.63) is 18.2 Å². The SMILES string of the molecule is CCOc1ccc(NC(=O)CCCCCCN)cc1S(=O)(=O)N(C)C.Cl. The van der Waals surface area contributed by atoms with Crippen molar-refractivity contribution in [2.24, 2.45) is 5.73 Å². The molecule has 0 aliphatic rings. The van der Waals surface area contributed by atoms with E-state index in [1.807, 2.05) is 0 Å². The summed E-state index contributed by atoms with van der Waals surface area (Å²) in [5.41, 5.74) is 5.88. The number of anilines is 1. The molecule has 1 amide bonds. The van der Waals surface area contributed by atoms with Crippen LogP contribution < -0.4 is 15.8 Å². The molecule has 0 atom stereocenters. The topological polar surface area (TPSA) is 102 Å². The number of carbonyl (C=O) groups is 1. The van der Waals surface area contributed by atoms with Crippen LogP contribution in [0.2, 0.25) is 0 Å². The van der Waals surface area contributed by atoms with Crippen molar-refractivity contribution in [1.82, 2.24) is 4.31 Å². The van der Waals surface area contributed by atoms with Gasteiger partial charge in [-0.1, -0.05) is 12.8 Å². The Labute approximate surface area is 162 Å². The number of sulfonamides is 1. The Morgan fingerprint density at radius 2 is 1.85 bits per heavy atom. The summed E-state index contributed by atoms with van der Waals surface area (Å²) in [5.74, 6) is 0.140. The van der Waals surface area contributed by atoms with E-state index in [1.54, 1.807) is 19.1 Å². The molecule has 0 spiro atoms. The summed E-state index contributed by atoms with van der Waals surface area (Å²) in [6.45, 7) is 2.80. The van der Waals surface area contributed by atoms with Gasteiger partial charge in [-0.15, -0.1) is 12.4 Å². The first kappa shape index (κ1) is 24.7. The molecule has 9 heteroatoms. The van der Waals surface area contributed by atoms with Crippen molar-refractivity contribution < 1.29 is 17.9 Å². The van der Waals surface area contributed by atoms with Crippen LogP contribution in [0.15, 0.2) is 23.1 Å². The zero-order valence-electron chi connectivity index (χ0n) is 15.7. The van der Waals surface area contributed by atoms with E-state index in [1.165, 1.54) is 20.2 Å².